The van der Waals surface area contributed by atoms with Crippen molar-refractivity contribution in [2.75, 3.05) is 33.3 Å². The van der Waals surface area contributed by atoms with Crippen molar-refractivity contribution in [1.29, 1.82) is 10.5 Å². The van der Waals surface area contributed by atoms with Gasteiger partial charge in [-0.25, -0.2) is 4.98 Å². The Morgan fingerprint density at radius 3 is 2.35 bits per heavy atom. The lowest BCUT2D eigenvalue weighted by Crippen LogP contribution is -2.50. The van der Waals surface area contributed by atoms with E-state index in [1.54, 1.807) is 0 Å². The number of allylic oxidation sites excluding steroid dienone is 1. The number of benzene rings is 1. The number of hydrogen-bond donors (Lipinski definition) is 1. The van der Waals surface area contributed by atoms with Gasteiger partial charge in [0.15, 0.2) is 10.7 Å². The molecule has 1 fully saturated rings. The van der Waals surface area contributed by atoms with E-state index in [1.165, 1.54) is 24.4 Å². The van der Waals surface area contributed by atoms with Crippen molar-refractivity contribution in [2.24, 2.45) is 0 Å². The predicted molar refractivity (Wildman–Crippen MR) is 125 cm³/mol. The molecule has 34 heavy (non-hydrogen) atoms. The largest absolute Gasteiger partial charge is 0.494 e. The van der Waals surface area contributed by atoms with E-state index in [0.29, 0.717) is 35.4 Å². The average Bonchev–Trinajstić information content (AvgIpc) is 3.33. The average molecular weight is 475 g/mol. The Hall–Kier alpha value is -4.34. The molecule has 0 unspecified atom stereocenters. The molecule has 1 N–H and O–H groups in total. The molecule has 1 aliphatic rings. The molecule has 0 spiro atoms. The van der Waals surface area contributed by atoms with Crippen molar-refractivity contribution in [1.82, 2.24) is 19.8 Å². The highest BCUT2D eigenvalue weighted by Gasteiger charge is 2.31. The van der Waals surface area contributed by atoms with Crippen LogP contribution in [0, 0.1) is 22.7 Å². The number of Topliss-reactive ketones (excluding diaryl/α,β-unsaturated/α-hetero) is 1. The number of ether oxygens (including phenoxy) is 1. The fraction of sp³-hybridized carbons (Fsp3) is 0.208. The molecule has 1 saturated heterocycles. The Morgan fingerprint density at radius 1 is 1.09 bits per heavy atom. The Morgan fingerprint density at radius 2 is 1.74 bits per heavy atom. The Kier molecular flexibility index (Phi) is 6.48. The van der Waals surface area contributed by atoms with Crippen molar-refractivity contribution < 1.29 is 14.3 Å². The molecule has 0 saturated carbocycles. The number of H-pyrrole nitrogens is 1. The van der Waals surface area contributed by atoms with Crippen LogP contribution in [0.1, 0.15) is 15.9 Å². The quantitative estimate of drug-likeness (QED) is 0.260. The number of carbonyl (C=O) groups is 2. The first-order valence-corrected chi connectivity index (χ1v) is 10.8. The van der Waals surface area contributed by atoms with Gasteiger partial charge in [0.1, 0.15) is 17.9 Å². The molecule has 10 heteroatoms. The number of piperazine rings is 1. The van der Waals surface area contributed by atoms with E-state index in [1.807, 2.05) is 47.4 Å². The highest BCUT2D eigenvalue weighted by Crippen LogP contribution is 2.32. The Bertz CT molecular complexity index is 1360. The molecule has 3 heterocycles. The highest BCUT2D eigenvalue weighted by molar-refractivity contribution is 6.45. The van der Waals surface area contributed by atoms with E-state index < -0.39 is 11.7 Å². The lowest BCUT2D eigenvalue weighted by molar-refractivity contribution is -0.127. The van der Waals surface area contributed by atoms with Crippen LogP contribution in [0.3, 0.4) is 0 Å². The zero-order chi connectivity index (χ0) is 24.2. The number of nitrogens with zero attached hydrogens (tertiary/aromatic N) is 5. The smallest absolute Gasteiger partial charge is 0.295 e. The zero-order valence-corrected chi connectivity index (χ0v) is 19.0. The maximum atomic E-state index is 13.1. The van der Waals surface area contributed by atoms with Crippen LogP contribution in [0.15, 0.2) is 48.3 Å². The number of pyridine rings is 1. The van der Waals surface area contributed by atoms with Gasteiger partial charge in [-0.3, -0.25) is 9.59 Å². The van der Waals surface area contributed by atoms with Crippen LogP contribution < -0.4 is 4.74 Å². The second-order valence-corrected chi connectivity index (χ2v) is 7.85. The number of fused-ring (bicyclic) bond motifs is 1. The van der Waals surface area contributed by atoms with Crippen LogP contribution in [-0.2, 0) is 4.79 Å². The van der Waals surface area contributed by atoms with Gasteiger partial charge in [0.05, 0.1) is 35.5 Å². The third kappa shape index (κ3) is 4.05. The molecule has 0 radical (unpaired) electrons. The fourth-order valence-corrected chi connectivity index (χ4v) is 4.22. The molecule has 0 bridgehead atoms. The number of aromatic nitrogens is 2. The first-order valence-electron chi connectivity index (χ1n) is 10.4. The SMILES string of the molecule is COc1cnc(Cl)c2[nH]cc(C(=O)C(=O)N3CCN(C(=C(C#N)C#N)c4ccccc4)CC3)c12. The monoisotopic (exact) mass is 474 g/mol. The number of carbonyl (C=O) groups excluding carboxylic acids is 2. The van der Waals surface area contributed by atoms with Gasteiger partial charge in [-0.15, -0.1) is 0 Å². The minimum Gasteiger partial charge on any atom is -0.494 e. The van der Waals surface area contributed by atoms with Gasteiger partial charge in [0.25, 0.3) is 11.7 Å². The highest BCUT2D eigenvalue weighted by atomic mass is 35.5. The molecular formula is C24H19ClN6O3. The van der Waals surface area contributed by atoms with Crippen LogP contribution in [0.2, 0.25) is 5.15 Å². The summed E-state index contributed by atoms with van der Waals surface area (Å²) in [5.41, 5.74) is 1.84. The number of nitriles is 2. The van der Waals surface area contributed by atoms with Crippen LogP contribution in [-0.4, -0.2) is 64.7 Å². The van der Waals surface area contributed by atoms with Crippen molar-refractivity contribution in [3.05, 3.63) is 64.6 Å². The number of rotatable bonds is 5. The van der Waals surface area contributed by atoms with Gasteiger partial charge in [0, 0.05) is 32.4 Å². The molecule has 0 aliphatic carbocycles. The van der Waals surface area contributed by atoms with E-state index in [0.717, 1.165) is 5.56 Å². The lowest BCUT2D eigenvalue weighted by Gasteiger charge is -2.37. The summed E-state index contributed by atoms with van der Waals surface area (Å²) >= 11 is 6.12. The normalized spacial score (nSPS) is 13.2. The van der Waals surface area contributed by atoms with Crippen LogP contribution in [0.25, 0.3) is 16.6 Å². The number of halogens is 1. The fourth-order valence-electron chi connectivity index (χ4n) is 4.02. The van der Waals surface area contributed by atoms with E-state index in [2.05, 4.69) is 9.97 Å². The van der Waals surface area contributed by atoms with E-state index in [-0.39, 0.29) is 29.4 Å². The maximum absolute atomic E-state index is 13.1. The van der Waals surface area contributed by atoms with Gasteiger partial charge in [-0.2, -0.15) is 10.5 Å². The van der Waals surface area contributed by atoms with Gasteiger partial charge in [-0.05, 0) is 5.56 Å². The number of nitrogens with one attached hydrogen (secondary N) is 1. The lowest BCUT2D eigenvalue weighted by atomic mass is 10.0. The topological polar surface area (TPSA) is 126 Å². The van der Waals surface area contributed by atoms with Crippen molar-refractivity contribution in [3.63, 3.8) is 0 Å². The minimum atomic E-state index is -0.686. The predicted octanol–water partition coefficient (Wildman–Crippen LogP) is 3.01. The number of ketones is 1. The molecule has 9 nitrogen and oxygen atoms in total. The molecule has 0 atom stereocenters. The standard InChI is InChI=1S/C24H19ClN6O3/c1-34-18-14-29-23(25)20-19(18)17(13-28-20)22(32)24(33)31-9-7-30(8-10-31)21(16(11-26)12-27)15-5-3-2-4-6-15/h2-6,13-14,28H,7-10H2,1H3. The van der Waals surface area contributed by atoms with Gasteiger partial charge >= 0.3 is 0 Å². The molecule has 1 aliphatic heterocycles. The summed E-state index contributed by atoms with van der Waals surface area (Å²) in [6.45, 7) is 1.24. The summed E-state index contributed by atoms with van der Waals surface area (Å²) in [4.78, 5) is 36.4. The first kappa shape index (κ1) is 22.8. The van der Waals surface area contributed by atoms with Crippen LogP contribution in [0.5, 0.6) is 5.75 Å². The molecule has 1 aromatic carbocycles. The van der Waals surface area contributed by atoms with Crippen molar-refractivity contribution >= 4 is 39.9 Å². The van der Waals surface area contributed by atoms with E-state index in [9.17, 15) is 20.1 Å². The Labute approximate surface area is 200 Å². The number of methoxy groups -OCH3 is 1. The molecular weight excluding hydrogens is 456 g/mol. The summed E-state index contributed by atoms with van der Waals surface area (Å²) in [6.07, 6.45) is 2.83. The third-order valence-electron chi connectivity index (χ3n) is 5.68. The van der Waals surface area contributed by atoms with Crippen LogP contribution >= 0.6 is 11.6 Å². The minimum absolute atomic E-state index is 0.00145. The Balaban J connectivity index is 1.56. The van der Waals surface area contributed by atoms with E-state index in [4.69, 9.17) is 16.3 Å². The second-order valence-electron chi connectivity index (χ2n) is 7.49. The number of hydrogen-bond acceptors (Lipinski definition) is 7. The summed E-state index contributed by atoms with van der Waals surface area (Å²) in [5.74, 6) is -1.00. The second kappa shape index (κ2) is 9.65. The molecule has 1 amide bonds. The van der Waals surface area contributed by atoms with Gasteiger partial charge < -0.3 is 19.5 Å². The summed E-state index contributed by atoms with van der Waals surface area (Å²) in [7, 11) is 1.45. The maximum Gasteiger partial charge on any atom is 0.295 e. The van der Waals surface area contributed by atoms with Gasteiger partial charge in [0.2, 0.25) is 0 Å². The molecule has 3 aromatic rings. The first-order chi connectivity index (χ1) is 16.5. The van der Waals surface area contributed by atoms with Gasteiger partial charge in [-0.1, -0.05) is 41.9 Å². The molecule has 2 aromatic heterocycles. The third-order valence-corrected chi connectivity index (χ3v) is 5.96. The zero-order valence-electron chi connectivity index (χ0n) is 18.2. The van der Waals surface area contributed by atoms with E-state index >= 15 is 0 Å². The molecule has 4 rings (SSSR count). The van der Waals surface area contributed by atoms with Crippen molar-refractivity contribution in [2.45, 2.75) is 0 Å². The summed E-state index contributed by atoms with van der Waals surface area (Å²) < 4.78 is 5.30. The van der Waals surface area contributed by atoms with Crippen molar-refractivity contribution in [3.8, 4) is 17.9 Å². The molecule has 170 valence electrons. The number of aromatic amines is 1. The summed E-state index contributed by atoms with van der Waals surface area (Å²) in [6, 6.07) is 13.1. The summed E-state index contributed by atoms with van der Waals surface area (Å²) in [5, 5.41) is 19.5. The van der Waals surface area contributed by atoms with Crippen LogP contribution in [0.4, 0.5) is 0 Å². The number of amides is 1.